The van der Waals surface area contributed by atoms with Gasteiger partial charge >= 0.3 is 0 Å². The number of rotatable bonds is 4. The molecule has 1 aromatic carbocycles. The second-order valence-corrected chi connectivity index (χ2v) is 3.68. The number of nitrogens with one attached hydrogen (secondary N) is 1. The van der Waals surface area contributed by atoms with Crippen LogP contribution in [0.15, 0.2) is 29.4 Å². The molecule has 86 valence electrons. The van der Waals surface area contributed by atoms with Crippen LogP contribution < -0.4 is 5.32 Å². The van der Waals surface area contributed by atoms with Crippen LogP contribution in [0.3, 0.4) is 0 Å². The third-order valence-electron chi connectivity index (χ3n) is 1.86. The van der Waals surface area contributed by atoms with Gasteiger partial charge in [-0.3, -0.25) is 4.79 Å². The van der Waals surface area contributed by atoms with Crippen LogP contribution in [0.2, 0.25) is 0 Å². The maximum absolute atomic E-state index is 11.4. The lowest BCUT2D eigenvalue weighted by Gasteiger charge is -2.06. The molecule has 0 heterocycles. The predicted molar refractivity (Wildman–Crippen MR) is 64.5 cm³/mol. The molecule has 16 heavy (non-hydrogen) atoms. The maximum atomic E-state index is 11.4. The van der Waals surface area contributed by atoms with Crippen molar-refractivity contribution in [3.8, 4) is 0 Å². The first-order valence-electron chi connectivity index (χ1n) is 5.08. The Labute approximate surface area is 95.3 Å². The fraction of sp³-hybridized carbons (Fsp3) is 0.333. The molecule has 0 atom stereocenters. The van der Waals surface area contributed by atoms with Gasteiger partial charge in [-0.1, -0.05) is 23.4 Å². The summed E-state index contributed by atoms with van der Waals surface area (Å²) in [6, 6.07) is 7.58. The van der Waals surface area contributed by atoms with Gasteiger partial charge in [0.05, 0.1) is 5.71 Å². The van der Waals surface area contributed by atoms with Crippen LogP contribution in [0, 0.1) is 6.92 Å². The Hall–Kier alpha value is -1.84. The number of carbonyl (C=O) groups excluding carboxylic acids is 1. The normalized spacial score (nSPS) is 9.44. The van der Waals surface area contributed by atoms with Gasteiger partial charge in [0, 0.05) is 5.69 Å². The van der Waals surface area contributed by atoms with Crippen LogP contribution >= 0.6 is 0 Å². The van der Waals surface area contributed by atoms with E-state index in [2.05, 4.69) is 10.5 Å². The summed E-state index contributed by atoms with van der Waals surface area (Å²) in [7, 11) is 0. The standard InChI is InChI=1S/C12H16N2O2/c1-9(2)14-16-8-12(15)13-11-7-5-4-6-10(11)3/h4-7H,8H2,1-3H3,(H,13,15). The number of anilines is 1. The zero-order valence-corrected chi connectivity index (χ0v) is 9.78. The van der Waals surface area contributed by atoms with E-state index in [1.165, 1.54) is 0 Å². The monoisotopic (exact) mass is 220 g/mol. The summed E-state index contributed by atoms with van der Waals surface area (Å²) < 4.78 is 0. The minimum atomic E-state index is -0.209. The minimum absolute atomic E-state index is 0.0699. The van der Waals surface area contributed by atoms with Crippen LogP contribution in [-0.2, 0) is 9.63 Å². The van der Waals surface area contributed by atoms with Gasteiger partial charge in [-0.25, -0.2) is 0 Å². The van der Waals surface area contributed by atoms with Crippen molar-refractivity contribution in [2.45, 2.75) is 20.8 Å². The summed E-state index contributed by atoms with van der Waals surface area (Å²) in [5, 5.41) is 6.44. The van der Waals surface area contributed by atoms with E-state index in [1.54, 1.807) is 13.8 Å². The topological polar surface area (TPSA) is 50.7 Å². The number of aryl methyl sites for hydroxylation is 1. The maximum Gasteiger partial charge on any atom is 0.265 e. The van der Waals surface area contributed by atoms with Crippen molar-refractivity contribution in [2.24, 2.45) is 5.16 Å². The van der Waals surface area contributed by atoms with Crippen molar-refractivity contribution >= 4 is 17.3 Å². The first-order chi connectivity index (χ1) is 7.59. The van der Waals surface area contributed by atoms with Crippen molar-refractivity contribution < 1.29 is 9.63 Å². The average molecular weight is 220 g/mol. The number of carbonyl (C=O) groups is 1. The third kappa shape index (κ3) is 4.13. The predicted octanol–water partition coefficient (Wildman–Crippen LogP) is 2.35. The van der Waals surface area contributed by atoms with Gasteiger partial charge in [0.15, 0.2) is 6.61 Å². The van der Waals surface area contributed by atoms with Gasteiger partial charge in [0.2, 0.25) is 0 Å². The van der Waals surface area contributed by atoms with Crippen molar-refractivity contribution in [1.82, 2.24) is 0 Å². The number of hydrogen-bond donors (Lipinski definition) is 1. The van der Waals surface area contributed by atoms with E-state index in [1.807, 2.05) is 31.2 Å². The average Bonchev–Trinajstić information content (AvgIpc) is 2.21. The highest BCUT2D eigenvalue weighted by atomic mass is 16.6. The molecule has 0 aliphatic rings. The van der Waals surface area contributed by atoms with E-state index in [0.29, 0.717) is 0 Å². The highest BCUT2D eigenvalue weighted by Gasteiger charge is 2.03. The summed E-state index contributed by atoms with van der Waals surface area (Å²) in [6.07, 6.45) is 0. The van der Waals surface area contributed by atoms with Crippen molar-refractivity contribution in [3.05, 3.63) is 29.8 Å². The van der Waals surface area contributed by atoms with Gasteiger partial charge in [-0.2, -0.15) is 0 Å². The molecule has 0 aromatic heterocycles. The van der Waals surface area contributed by atoms with E-state index in [9.17, 15) is 4.79 Å². The summed E-state index contributed by atoms with van der Waals surface area (Å²) in [5.74, 6) is -0.209. The largest absolute Gasteiger partial charge is 0.386 e. The van der Waals surface area contributed by atoms with Gasteiger partial charge in [-0.15, -0.1) is 0 Å². The summed E-state index contributed by atoms with van der Waals surface area (Å²) in [5.41, 5.74) is 2.60. The fourth-order valence-electron chi connectivity index (χ4n) is 1.12. The molecule has 4 heteroatoms. The Bertz CT molecular complexity index is 396. The van der Waals surface area contributed by atoms with Crippen molar-refractivity contribution in [1.29, 1.82) is 0 Å². The van der Waals surface area contributed by atoms with E-state index < -0.39 is 0 Å². The molecule has 0 saturated heterocycles. The van der Waals surface area contributed by atoms with Crippen molar-refractivity contribution in [2.75, 3.05) is 11.9 Å². The number of benzene rings is 1. The summed E-state index contributed by atoms with van der Waals surface area (Å²) >= 11 is 0. The molecule has 4 nitrogen and oxygen atoms in total. The summed E-state index contributed by atoms with van der Waals surface area (Å²) in [6.45, 7) is 5.48. The number of oxime groups is 1. The van der Waals surface area contributed by atoms with E-state index in [0.717, 1.165) is 17.0 Å². The van der Waals surface area contributed by atoms with Crippen molar-refractivity contribution in [3.63, 3.8) is 0 Å². The van der Waals surface area contributed by atoms with E-state index >= 15 is 0 Å². The van der Waals surface area contributed by atoms with E-state index in [4.69, 9.17) is 4.84 Å². The molecule has 1 N–H and O–H groups in total. The fourth-order valence-corrected chi connectivity index (χ4v) is 1.12. The Morgan fingerprint density at radius 1 is 1.38 bits per heavy atom. The lowest BCUT2D eigenvalue weighted by atomic mass is 10.2. The van der Waals surface area contributed by atoms with Gasteiger partial charge < -0.3 is 10.2 Å². The molecular formula is C12H16N2O2. The van der Waals surface area contributed by atoms with Crippen LogP contribution in [0.1, 0.15) is 19.4 Å². The Morgan fingerprint density at radius 2 is 2.06 bits per heavy atom. The number of amides is 1. The van der Waals surface area contributed by atoms with Gasteiger partial charge in [0.25, 0.3) is 5.91 Å². The number of nitrogens with zero attached hydrogens (tertiary/aromatic N) is 1. The molecular weight excluding hydrogens is 204 g/mol. The molecule has 0 aliphatic carbocycles. The Balaban J connectivity index is 2.46. The van der Waals surface area contributed by atoms with Gasteiger partial charge in [0.1, 0.15) is 0 Å². The lowest BCUT2D eigenvalue weighted by molar-refractivity contribution is -0.120. The Kier molecular flexibility index (Phi) is 4.51. The minimum Gasteiger partial charge on any atom is -0.386 e. The van der Waals surface area contributed by atoms with Crippen LogP contribution in [0.25, 0.3) is 0 Å². The van der Waals surface area contributed by atoms with Crippen LogP contribution in [-0.4, -0.2) is 18.2 Å². The first kappa shape index (κ1) is 12.2. The van der Waals surface area contributed by atoms with E-state index in [-0.39, 0.29) is 12.5 Å². The molecule has 0 fully saturated rings. The zero-order chi connectivity index (χ0) is 12.0. The highest BCUT2D eigenvalue weighted by Crippen LogP contribution is 2.12. The summed E-state index contributed by atoms with van der Waals surface area (Å²) in [4.78, 5) is 16.3. The Morgan fingerprint density at radius 3 is 2.69 bits per heavy atom. The second kappa shape index (κ2) is 5.90. The highest BCUT2D eigenvalue weighted by molar-refractivity contribution is 5.92. The SMILES string of the molecule is CC(C)=NOCC(=O)Nc1ccccc1C. The molecule has 0 spiro atoms. The quantitative estimate of drug-likeness (QED) is 0.625. The van der Waals surface area contributed by atoms with Gasteiger partial charge in [-0.05, 0) is 32.4 Å². The molecule has 0 bridgehead atoms. The molecule has 1 aromatic rings. The lowest BCUT2D eigenvalue weighted by Crippen LogP contribution is -2.17. The molecule has 1 rings (SSSR count). The zero-order valence-electron chi connectivity index (χ0n) is 9.78. The molecule has 0 radical (unpaired) electrons. The smallest absolute Gasteiger partial charge is 0.265 e. The first-order valence-corrected chi connectivity index (χ1v) is 5.08. The van der Waals surface area contributed by atoms with Crippen LogP contribution in [0.4, 0.5) is 5.69 Å². The van der Waals surface area contributed by atoms with Crippen LogP contribution in [0.5, 0.6) is 0 Å². The molecule has 0 aliphatic heterocycles. The second-order valence-electron chi connectivity index (χ2n) is 3.68. The molecule has 1 amide bonds. The molecule has 0 unspecified atom stereocenters. The number of para-hydroxylation sites is 1. The number of hydrogen-bond acceptors (Lipinski definition) is 3. The third-order valence-corrected chi connectivity index (χ3v) is 1.86. The molecule has 0 saturated carbocycles.